The molecule has 0 rings (SSSR count). The topological polar surface area (TPSA) is 52.9 Å². The number of nitriles is 1. The van der Waals surface area contributed by atoms with Gasteiger partial charge in [-0.2, -0.15) is 5.26 Å². The van der Waals surface area contributed by atoms with Crippen LogP contribution >= 0.6 is 0 Å². The molecule has 0 unspecified atom stereocenters. The number of hydrogen-bond acceptors (Lipinski definition) is 2. The number of carbonyl (C=O) groups excluding carboxylic acids is 1. The van der Waals surface area contributed by atoms with Crippen molar-refractivity contribution in [1.82, 2.24) is 5.32 Å². The summed E-state index contributed by atoms with van der Waals surface area (Å²) in [6, 6.07) is 1.83. The largest absolute Gasteiger partial charge is 0.329 e. The van der Waals surface area contributed by atoms with Crippen molar-refractivity contribution in [1.29, 1.82) is 5.26 Å². The summed E-state index contributed by atoms with van der Waals surface area (Å²) < 4.78 is 0. The molecule has 0 spiro atoms. The zero-order valence-electron chi connectivity index (χ0n) is 7.01. The van der Waals surface area contributed by atoms with Gasteiger partial charge in [-0.3, -0.25) is 4.79 Å². The van der Waals surface area contributed by atoms with Gasteiger partial charge in [-0.05, 0) is 6.92 Å². The van der Waals surface area contributed by atoms with Crippen molar-refractivity contribution in [2.45, 2.75) is 20.8 Å². The van der Waals surface area contributed by atoms with Gasteiger partial charge in [0.15, 0.2) is 0 Å². The van der Waals surface area contributed by atoms with Gasteiger partial charge in [0.1, 0.15) is 0 Å². The lowest BCUT2D eigenvalue weighted by Crippen LogP contribution is -2.25. The maximum atomic E-state index is 11.0. The smallest absolute Gasteiger partial charge is 0.226 e. The number of hydrogen-bond donors (Lipinski definition) is 1. The molecule has 0 saturated heterocycles. The first kappa shape index (κ1) is 9.70. The van der Waals surface area contributed by atoms with Gasteiger partial charge in [-0.15, -0.1) is 0 Å². The van der Waals surface area contributed by atoms with Crippen LogP contribution in [0.5, 0.6) is 0 Å². The lowest BCUT2D eigenvalue weighted by molar-refractivity contribution is -0.123. The van der Waals surface area contributed by atoms with E-state index in [-0.39, 0.29) is 11.8 Å². The molecule has 0 heterocycles. The monoisotopic (exact) mass is 152 g/mol. The first-order chi connectivity index (χ1) is 5.07. The number of carbonyl (C=O) groups is 1. The third-order valence-corrected chi connectivity index (χ3v) is 1.13. The summed E-state index contributed by atoms with van der Waals surface area (Å²) in [4.78, 5) is 11.0. The summed E-state index contributed by atoms with van der Waals surface area (Å²) in [7, 11) is 0. The van der Waals surface area contributed by atoms with Crippen LogP contribution in [-0.4, -0.2) is 5.91 Å². The highest BCUT2D eigenvalue weighted by molar-refractivity contribution is 5.79. The molecule has 0 radical (unpaired) electrons. The minimum Gasteiger partial charge on any atom is -0.329 e. The van der Waals surface area contributed by atoms with E-state index in [9.17, 15) is 4.79 Å². The average Bonchev–Trinajstić information content (AvgIpc) is 1.87. The SMILES string of the molecule is CC(=CC#N)NC(=O)C(C)C. The molecule has 0 aromatic carbocycles. The van der Waals surface area contributed by atoms with Crippen molar-refractivity contribution in [3.8, 4) is 6.07 Å². The Morgan fingerprint density at radius 3 is 2.55 bits per heavy atom. The van der Waals surface area contributed by atoms with Gasteiger partial charge in [-0.25, -0.2) is 0 Å². The Bertz CT molecular complexity index is 211. The quantitative estimate of drug-likeness (QED) is 0.604. The molecule has 3 nitrogen and oxygen atoms in total. The summed E-state index contributed by atoms with van der Waals surface area (Å²) >= 11 is 0. The number of amides is 1. The second-order valence-corrected chi connectivity index (χ2v) is 2.60. The first-order valence-corrected chi connectivity index (χ1v) is 3.45. The Labute approximate surface area is 66.7 Å². The summed E-state index contributed by atoms with van der Waals surface area (Å²) in [5.74, 6) is -0.106. The Kier molecular flexibility index (Phi) is 3.97. The minimum atomic E-state index is -0.0611. The molecule has 0 aliphatic rings. The van der Waals surface area contributed by atoms with Crippen LogP contribution in [0.2, 0.25) is 0 Å². The fourth-order valence-electron chi connectivity index (χ4n) is 0.472. The summed E-state index contributed by atoms with van der Waals surface area (Å²) in [5, 5.41) is 10.8. The molecule has 0 bridgehead atoms. The van der Waals surface area contributed by atoms with Crippen LogP contribution in [0.1, 0.15) is 20.8 Å². The Hall–Kier alpha value is -1.30. The molecular formula is C8H12N2O. The Morgan fingerprint density at radius 2 is 2.18 bits per heavy atom. The molecule has 60 valence electrons. The average molecular weight is 152 g/mol. The van der Waals surface area contributed by atoms with Crippen molar-refractivity contribution in [2.24, 2.45) is 5.92 Å². The molecule has 0 aromatic rings. The van der Waals surface area contributed by atoms with Gasteiger partial charge >= 0.3 is 0 Å². The van der Waals surface area contributed by atoms with Gasteiger partial charge in [0, 0.05) is 17.7 Å². The first-order valence-electron chi connectivity index (χ1n) is 3.45. The number of nitrogens with one attached hydrogen (secondary N) is 1. The third-order valence-electron chi connectivity index (χ3n) is 1.13. The van der Waals surface area contributed by atoms with E-state index in [1.165, 1.54) is 6.08 Å². The van der Waals surface area contributed by atoms with E-state index < -0.39 is 0 Å². The van der Waals surface area contributed by atoms with Crippen LogP contribution in [0.3, 0.4) is 0 Å². The predicted octanol–water partition coefficient (Wildman–Crippen LogP) is 1.19. The van der Waals surface area contributed by atoms with E-state index in [4.69, 9.17) is 5.26 Å². The molecule has 0 aromatic heterocycles. The van der Waals surface area contributed by atoms with E-state index >= 15 is 0 Å². The number of rotatable bonds is 2. The summed E-state index contributed by atoms with van der Waals surface area (Å²) in [6.45, 7) is 5.29. The van der Waals surface area contributed by atoms with Crippen molar-refractivity contribution < 1.29 is 4.79 Å². The lowest BCUT2D eigenvalue weighted by Gasteiger charge is -2.05. The number of nitrogens with zero attached hydrogens (tertiary/aromatic N) is 1. The zero-order chi connectivity index (χ0) is 8.85. The third kappa shape index (κ3) is 4.15. The van der Waals surface area contributed by atoms with Gasteiger partial charge in [0.25, 0.3) is 0 Å². The van der Waals surface area contributed by atoms with Gasteiger partial charge in [0.2, 0.25) is 5.91 Å². The van der Waals surface area contributed by atoms with Crippen LogP contribution in [0.4, 0.5) is 0 Å². The summed E-state index contributed by atoms with van der Waals surface area (Å²) in [5.41, 5.74) is 0.589. The van der Waals surface area contributed by atoms with Crippen LogP contribution < -0.4 is 5.32 Å². The van der Waals surface area contributed by atoms with E-state index in [0.717, 1.165) is 0 Å². The van der Waals surface area contributed by atoms with E-state index in [1.54, 1.807) is 20.8 Å². The van der Waals surface area contributed by atoms with E-state index in [1.807, 2.05) is 6.07 Å². The highest BCUT2D eigenvalue weighted by Crippen LogP contribution is 1.93. The highest BCUT2D eigenvalue weighted by Gasteiger charge is 2.05. The maximum absolute atomic E-state index is 11.0. The molecule has 0 atom stereocenters. The standard InChI is InChI=1S/C8H12N2O/c1-6(2)8(11)10-7(3)4-5-9/h4,6H,1-3H3,(H,10,11). The maximum Gasteiger partial charge on any atom is 0.226 e. The van der Waals surface area contributed by atoms with E-state index in [2.05, 4.69) is 5.32 Å². The lowest BCUT2D eigenvalue weighted by atomic mass is 10.2. The second-order valence-electron chi connectivity index (χ2n) is 2.60. The van der Waals surface area contributed by atoms with Crippen molar-refractivity contribution >= 4 is 5.91 Å². The Morgan fingerprint density at radius 1 is 1.64 bits per heavy atom. The predicted molar refractivity (Wildman–Crippen MR) is 42.4 cm³/mol. The van der Waals surface area contributed by atoms with Crippen molar-refractivity contribution in [3.05, 3.63) is 11.8 Å². The van der Waals surface area contributed by atoms with Crippen LogP contribution in [0.15, 0.2) is 11.8 Å². The van der Waals surface area contributed by atoms with Crippen LogP contribution in [0.25, 0.3) is 0 Å². The normalized spacial score (nSPS) is 11.0. The molecule has 0 saturated carbocycles. The van der Waals surface area contributed by atoms with Gasteiger partial charge in [0.05, 0.1) is 6.07 Å². The molecular weight excluding hydrogens is 140 g/mol. The molecule has 1 amide bonds. The summed E-state index contributed by atoms with van der Waals surface area (Å²) in [6.07, 6.45) is 1.31. The van der Waals surface area contributed by atoms with Gasteiger partial charge < -0.3 is 5.32 Å². The Balaban J connectivity index is 3.98. The molecule has 0 aliphatic carbocycles. The second kappa shape index (κ2) is 4.51. The van der Waals surface area contributed by atoms with E-state index in [0.29, 0.717) is 5.70 Å². The molecule has 11 heavy (non-hydrogen) atoms. The fraction of sp³-hybridized carbons (Fsp3) is 0.500. The van der Waals surface area contributed by atoms with Crippen LogP contribution in [0, 0.1) is 17.2 Å². The van der Waals surface area contributed by atoms with Gasteiger partial charge in [-0.1, -0.05) is 13.8 Å². The zero-order valence-corrected chi connectivity index (χ0v) is 7.01. The molecule has 3 heteroatoms. The van der Waals surface area contributed by atoms with Crippen LogP contribution in [-0.2, 0) is 4.79 Å². The molecule has 0 fully saturated rings. The fourth-order valence-corrected chi connectivity index (χ4v) is 0.472. The molecule has 1 N–H and O–H groups in total. The van der Waals surface area contributed by atoms with Crippen molar-refractivity contribution in [2.75, 3.05) is 0 Å². The highest BCUT2D eigenvalue weighted by atomic mass is 16.1. The number of allylic oxidation sites excluding steroid dienone is 2. The van der Waals surface area contributed by atoms with Crippen molar-refractivity contribution in [3.63, 3.8) is 0 Å². The molecule has 0 aliphatic heterocycles. The minimum absolute atomic E-state index is 0.0444.